The van der Waals surface area contributed by atoms with E-state index in [-0.39, 0.29) is 23.7 Å². The number of carbonyl (C=O) groups is 2. The first-order valence-electron chi connectivity index (χ1n) is 6.81. The van der Waals surface area contributed by atoms with Gasteiger partial charge in [0.25, 0.3) is 0 Å². The standard InChI is InChI=1S/C15H15Cl2NO3/c1-21-14(20)10-6-7-18(12-5-3-2-4-9(10)12)13(19)11-8-15(11,16)17/h2-5,10-11H,6-8H2,1H3/t10-,11+/m1/s1. The van der Waals surface area contributed by atoms with Crippen LogP contribution in [0.1, 0.15) is 24.3 Å². The van der Waals surface area contributed by atoms with Crippen molar-refractivity contribution in [1.29, 1.82) is 0 Å². The third-order valence-electron chi connectivity index (χ3n) is 4.12. The number of halogens is 2. The van der Waals surface area contributed by atoms with Crippen LogP contribution in [0.5, 0.6) is 0 Å². The molecule has 0 saturated heterocycles. The molecule has 1 fully saturated rings. The van der Waals surface area contributed by atoms with Gasteiger partial charge >= 0.3 is 5.97 Å². The third-order valence-corrected chi connectivity index (χ3v) is 4.96. The lowest BCUT2D eigenvalue weighted by Gasteiger charge is -2.33. The number of carbonyl (C=O) groups excluding carboxylic acids is 2. The minimum absolute atomic E-state index is 0.0734. The van der Waals surface area contributed by atoms with Gasteiger partial charge < -0.3 is 9.64 Å². The van der Waals surface area contributed by atoms with Crippen molar-refractivity contribution in [3.8, 4) is 0 Å². The summed E-state index contributed by atoms with van der Waals surface area (Å²) in [6.07, 6.45) is 1.02. The molecular formula is C15H15Cl2NO3. The average molecular weight is 328 g/mol. The fraction of sp³-hybridized carbons (Fsp3) is 0.467. The molecule has 2 atom stereocenters. The molecule has 1 heterocycles. The first-order valence-corrected chi connectivity index (χ1v) is 7.57. The number of para-hydroxylation sites is 1. The van der Waals surface area contributed by atoms with Gasteiger partial charge in [0.1, 0.15) is 4.33 Å². The normalized spacial score (nSPS) is 26.0. The minimum atomic E-state index is -0.939. The molecule has 2 aliphatic rings. The van der Waals surface area contributed by atoms with Gasteiger partial charge in [-0.3, -0.25) is 9.59 Å². The Bertz CT molecular complexity index is 602. The quantitative estimate of drug-likeness (QED) is 0.619. The number of amides is 1. The van der Waals surface area contributed by atoms with Gasteiger partial charge in [0.2, 0.25) is 5.91 Å². The van der Waals surface area contributed by atoms with E-state index >= 15 is 0 Å². The molecule has 1 aromatic rings. The maximum absolute atomic E-state index is 12.5. The molecule has 1 aromatic carbocycles. The first kappa shape index (κ1) is 14.7. The van der Waals surface area contributed by atoms with E-state index in [4.69, 9.17) is 27.9 Å². The summed E-state index contributed by atoms with van der Waals surface area (Å²) in [5, 5.41) is 0. The highest BCUT2D eigenvalue weighted by Crippen LogP contribution is 2.54. The van der Waals surface area contributed by atoms with Gasteiger partial charge in [0.05, 0.1) is 18.9 Å². The van der Waals surface area contributed by atoms with Gasteiger partial charge in [-0.05, 0) is 24.5 Å². The van der Waals surface area contributed by atoms with Crippen LogP contribution in [0.4, 0.5) is 5.69 Å². The smallest absolute Gasteiger partial charge is 0.313 e. The number of methoxy groups -OCH3 is 1. The summed E-state index contributed by atoms with van der Waals surface area (Å²) >= 11 is 12.0. The monoisotopic (exact) mass is 327 g/mol. The first-order chi connectivity index (χ1) is 9.95. The topological polar surface area (TPSA) is 46.6 Å². The number of alkyl halides is 2. The predicted molar refractivity (Wildman–Crippen MR) is 80.7 cm³/mol. The number of benzene rings is 1. The molecule has 1 amide bonds. The molecular weight excluding hydrogens is 313 g/mol. The van der Waals surface area contributed by atoms with Crippen molar-refractivity contribution >= 4 is 40.8 Å². The molecule has 0 radical (unpaired) electrons. The van der Waals surface area contributed by atoms with Crippen LogP contribution in [0.25, 0.3) is 0 Å². The molecule has 0 N–H and O–H groups in total. The molecule has 1 saturated carbocycles. The Morgan fingerprint density at radius 1 is 1.33 bits per heavy atom. The predicted octanol–water partition coefficient (Wildman–Crippen LogP) is 2.87. The lowest BCUT2D eigenvalue weighted by atomic mass is 9.89. The second-order valence-electron chi connectivity index (χ2n) is 5.43. The second-order valence-corrected chi connectivity index (χ2v) is 6.97. The molecule has 3 rings (SSSR count). The average Bonchev–Trinajstić information content (AvgIpc) is 3.13. The van der Waals surface area contributed by atoms with Gasteiger partial charge in [-0.2, -0.15) is 0 Å². The van der Waals surface area contributed by atoms with Gasteiger partial charge in [0.15, 0.2) is 0 Å². The largest absolute Gasteiger partial charge is 0.469 e. The van der Waals surface area contributed by atoms with Crippen LogP contribution >= 0.6 is 23.2 Å². The van der Waals surface area contributed by atoms with Crippen molar-refractivity contribution in [2.24, 2.45) is 5.92 Å². The Kier molecular flexibility index (Phi) is 3.62. The molecule has 0 spiro atoms. The molecule has 6 heteroatoms. The lowest BCUT2D eigenvalue weighted by Crippen LogP contribution is -2.40. The van der Waals surface area contributed by atoms with E-state index in [0.29, 0.717) is 19.4 Å². The molecule has 1 aliphatic heterocycles. The van der Waals surface area contributed by atoms with Crippen molar-refractivity contribution in [2.45, 2.75) is 23.1 Å². The number of hydrogen-bond donors (Lipinski definition) is 0. The Hall–Kier alpha value is -1.26. The Balaban J connectivity index is 1.92. The number of rotatable bonds is 2. The fourth-order valence-electron chi connectivity index (χ4n) is 2.85. The summed E-state index contributed by atoms with van der Waals surface area (Å²) in [5.41, 5.74) is 1.57. The van der Waals surface area contributed by atoms with E-state index in [9.17, 15) is 9.59 Å². The van der Waals surface area contributed by atoms with Gasteiger partial charge in [-0.25, -0.2) is 0 Å². The zero-order valence-electron chi connectivity index (χ0n) is 11.5. The highest BCUT2D eigenvalue weighted by molar-refractivity contribution is 6.52. The SMILES string of the molecule is COC(=O)[C@@H]1CCN(C(=O)[C@@H]2CC2(Cl)Cl)c2ccccc21. The van der Waals surface area contributed by atoms with Crippen LogP contribution in [0.2, 0.25) is 0 Å². The molecule has 0 aromatic heterocycles. The van der Waals surface area contributed by atoms with E-state index in [1.807, 2.05) is 24.3 Å². The minimum Gasteiger partial charge on any atom is -0.469 e. The number of ether oxygens (including phenoxy) is 1. The number of hydrogen-bond acceptors (Lipinski definition) is 3. The highest BCUT2D eigenvalue weighted by atomic mass is 35.5. The Morgan fingerprint density at radius 3 is 2.62 bits per heavy atom. The fourth-order valence-corrected chi connectivity index (χ4v) is 3.34. The molecule has 112 valence electrons. The van der Waals surface area contributed by atoms with Crippen LogP contribution in [0.3, 0.4) is 0 Å². The van der Waals surface area contributed by atoms with Crippen LogP contribution in [-0.4, -0.2) is 29.9 Å². The summed E-state index contributed by atoms with van der Waals surface area (Å²) in [6, 6.07) is 7.40. The molecule has 21 heavy (non-hydrogen) atoms. The Labute approximate surface area is 133 Å². The molecule has 0 unspecified atom stereocenters. The van der Waals surface area contributed by atoms with Crippen LogP contribution < -0.4 is 4.90 Å². The van der Waals surface area contributed by atoms with Crippen LogP contribution in [0.15, 0.2) is 24.3 Å². The van der Waals surface area contributed by atoms with Crippen molar-refractivity contribution in [3.05, 3.63) is 29.8 Å². The number of anilines is 1. The molecule has 0 bridgehead atoms. The van der Waals surface area contributed by atoms with E-state index in [2.05, 4.69) is 0 Å². The zero-order chi connectivity index (χ0) is 15.2. The summed E-state index contributed by atoms with van der Waals surface area (Å²) in [4.78, 5) is 26.1. The van der Waals surface area contributed by atoms with Crippen LogP contribution in [-0.2, 0) is 14.3 Å². The highest BCUT2D eigenvalue weighted by Gasteiger charge is 2.58. The summed E-state index contributed by atoms with van der Waals surface area (Å²) in [5.74, 6) is -1.03. The summed E-state index contributed by atoms with van der Waals surface area (Å²) in [6.45, 7) is 0.468. The van der Waals surface area contributed by atoms with Crippen molar-refractivity contribution in [3.63, 3.8) is 0 Å². The number of nitrogens with zero attached hydrogens (tertiary/aromatic N) is 1. The van der Waals surface area contributed by atoms with Crippen molar-refractivity contribution in [1.82, 2.24) is 0 Å². The number of fused-ring (bicyclic) bond motifs is 1. The second kappa shape index (κ2) is 5.18. The van der Waals surface area contributed by atoms with E-state index in [1.165, 1.54) is 7.11 Å². The maximum atomic E-state index is 12.5. The third kappa shape index (κ3) is 2.51. The lowest BCUT2D eigenvalue weighted by molar-refractivity contribution is -0.142. The van der Waals surface area contributed by atoms with E-state index in [1.54, 1.807) is 4.90 Å². The van der Waals surface area contributed by atoms with E-state index < -0.39 is 4.33 Å². The van der Waals surface area contributed by atoms with Crippen LogP contribution in [0, 0.1) is 5.92 Å². The summed E-state index contributed by atoms with van der Waals surface area (Å²) < 4.78 is 3.91. The van der Waals surface area contributed by atoms with Gasteiger partial charge in [-0.1, -0.05) is 18.2 Å². The Morgan fingerprint density at radius 2 is 2.00 bits per heavy atom. The maximum Gasteiger partial charge on any atom is 0.313 e. The molecule has 1 aliphatic carbocycles. The van der Waals surface area contributed by atoms with Crippen molar-refractivity contribution < 1.29 is 14.3 Å². The summed E-state index contributed by atoms with van der Waals surface area (Å²) in [7, 11) is 1.38. The zero-order valence-corrected chi connectivity index (χ0v) is 13.0. The van der Waals surface area contributed by atoms with E-state index in [0.717, 1.165) is 11.3 Å². The number of esters is 1. The van der Waals surface area contributed by atoms with Crippen molar-refractivity contribution in [2.75, 3.05) is 18.6 Å². The molecule has 4 nitrogen and oxygen atoms in total. The van der Waals surface area contributed by atoms with Gasteiger partial charge in [0, 0.05) is 12.2 Å². The van der Waals surface area contributed by atoms with Gasteiger partial charge in [-0.15, -0.1) is 23.2 Å².